The van der Waals surface area contributed by atoms with E-state index < -0.39 is 26.7 Å². The van der Waals surface area contributed by atoms with Crippen molar-refractivity contribution in [1.82, 2.24) is 4.72 Å². The normalized spacial score (nSPS) is 20.9. The molecule has 0 bridgehead atoms. The van der Waals surface area contributed by atoms with Crippen LogP contribution < -0.4 is 4.72 Å². The van der Waals surface area contributed by atoms with Crippen LogP contribution in [0.1, 0.15) is 19.8 Å². The molecule has 0 aromatic rings. The quantitative estimate of drug-likeness (QED) is 0.712. The maximum atomic E-state index is 11.6. The first-order valence-electron chi connectivity index (χ1n) is 5.53. The van der Waals surface area contributed by atoms with Gasteiger partial charge in [0.15, 0.2) is 5.25 Å². The molecule has 0 radical (unpaired) electrons. The molecule has 1 fully saturated rings. The molecule has 2 N–H and O–H groups in total. The van der Waals surface area contributed by atoms with Gasteiger partial charge in [-0.15, -0.1) is 0 Å². The highest BCUT2D eigenvalue weighted by Gasteiger charge is 2.41. The molecule has 18 heavy (non-hydrogen) atoms. The van der Waals surface area contributed by atoms with E-state index >= 15 is 0 Å². The highest BCUT2D eigenvalue weighted by molar-refractivity contribution is 7.90. The lowest BCUT2D eigenvalue weighted by molar-refractivity contribution is -0.154. The topological polar surface area (TPSA) is 116 Å². The number of nitrogens with zero attached hydrogens (tertiary/aromatic N) is 1. The van der Waals surface area contributed by atoms with E-state index in [4.69, 9.17) is 10.00 Å². The van der Waals surface area contributed by atoms with Crippen molar-refractivity contribution in [3.8, 4) is 6.07 Å². The van der Waals surface area contributed by atoms with Crippen LogP contribution in [0.5, 0.6) is 0 Å². The molecule has 7 nitrogen and oxygen atoms in total. The van der Waals surface area contributed by atoms with Gasteiger partial charge in [0, 0.05) is 19.8 Å². The van der Waals surface area contributed by atoms with E-state index in [1.807, 2.05) is 0 Å². The molecule has 1 unspecified atom stereocenters. The largest absolute Gasteiger partial charge is 0.481 e. The van der Waals surface area contributed by atoms with Crippen molar-refractivity contribution in [1.29, 1.82) is 5.26 Å². The molecule has 102 valence electrons. The number of nitrogens with one attached hydrogen (secondary N) is 1. The van der Waals surface area contributed by atoms with Gasteiger partial charge in [-0.25, -0.2) is 13.1 Å². The molecule has 0 amide bonds. The fourth-order valence-corrected chi connectivity index (χ4v) is 2.53. The first kappa shape index (κ1) is 14.9. The lowest BCUT2D eigenvalue weighted by atomic mass is 9.80. The van der Waals surface area contributed by atoms with Crippen LogP contribution in [0.25, 0.3) is 0 Å². The summed E-state index contributed by atoms with van der Waals surface area (Å²) >= 11 is 0. The SMILES string of the molecule is CC(C#N)S(=O)(=O)NCC1(C(=O)O)CCOCC1. The minimum Gasteiger partial charge on any atom is -0.481 e. The summed E-state index contributed by atoms with van der Waals surface area (Å²) in [4.78, 5) is 11.3. The number of rotatable bonds is 5. The van der Waals surface area contributed by atoms with Crippen LogP contribution in [-0.2, 0) is 19.6 Å². The fraction of sp³-hybridized carbons (Fsp3) is 0.800. The van der Waals surface area contributed by atoms with E-state index in [0.717, 1.165) is 0 Å². The molecular weight excluding hydrogens is 260 g/mol. The van der Waals surface area contributed by atoms with E-state index in [0.29, 0.717) is 13.2 Å². The van der Waals surface area contributed by atoms with Gasteiger partial charge >= 0.3 is 5.97 Å². The van der Waals surface area contributed by atoms with Crippen molar-refractivity contribution in [2.75, 3.05) is 19.8 Å². The number of carboxylic acid groups (broad SMARTS) is 1. The van der Waals surface area contributed by atoms with Crippen molar-refractivity contribution in [3.05, 3.63) is 0 Å². The second kappa shape index (κ2) is 5.65. The zero-order chi connectivity index (χ0) is 13.8. The van der Waals surface area contributed by atoms with Gasteiger partial charge in [0.05, 0.1) is 11.5 Å². The number of carboxylic acids is 1. The van der Waals surface area contributed by atoms with Crippen LogP contribution in [0.2, 0.25) is 0 Å². The Bertz CT molecular complexity index is 447. The van der Waals surface area contributed by atoms with Crippen molar-refractivity contribution in [3.63, 3.8) is 0 Å². The number of hydrogen-bond donors (Lipinski definition) is 2. The summed E-state index contributed by atoms with van der Waals surface area (Å²) in [6.45, 7) is 1.63. The average molecular weight is 276 g/mol. The predicted octanol–water partition coefficient (Wildman–Crippen LogP) is -0.301. The Hall–Kier alpha value is -1.17. The number of nitriles is 1. The third-order valence-corrected chi connectivity index (χ3v) is 4.75. The monoisotopic (exact) mass is 276 g/mol. The van der Waals surface area contributed by atoms with Gasteiger partial charge in [0.1, 0.15) is 0 Å². The highest BCUT2D eigenvalue weighted by atomic mass is 32.2. The number of carbonyl (C=O) groups is 1. The van der Waals surface area contributed by atoms with Gasteiger partial charge < -0.3 is 9.84 Å². The van der Waals surface area contributed by atoms with Crippen molar-refractivity contribution < 1.29 is 23.1 Å². The molecule has 1 atom stereocenters. The number of hydrogen-bond acceptors (Lipinski definition) is 5. The average Bonchev–Trinajstić information content (AvgIpc) is 2.36. The van der Waals surface area contributed by atoms with E-state index in [-0.39, 0.29) is 19.4 Å². The van der Waals surface area contributed by atoms with Crippen molar-refractivity contribution in [2.24, 2.45) is 5.41 Å². The Morgan fingerprint density at radius 1 is 1.56 bits per heavy atom. The summed E-state index contributed by atoms with van der Waals surface area (Å²) in [5, 5.41) is 16.6. The lowest BCUT2D eigenvalue weighted by Crippen LogP contribution is -2.47. The molecule has 1 saturated heterocycles. The first-order chi connectivity index (χ1) is 8.34. The zero-order valence-electron chi connectivity index (χ0n) is 10.0. The van der Waals surface area contributed by atoms with Crippen molar-refractivity contribution in [2.45, 2.75) is 25.0 Å². The molecular formula is C10H16N2O5S. The van der Waals surface area contributed by atoms with Gasteiger partial charge in [0.25, 0.3) is 0 Å². The maximum absolute atomic E-state index is 11.6. The minimum atomic E-state index is -3.80. The Balaban J connectivity index is 2.76. The third-order valence-electron chi connectivity index (χ3n) is 3.16. The van der Waals surface area contributed by atoms with Crippen LogP contribution in [0.3, 0.4) is 0 Å². The van der Waals surface area contributed by atoms with Crippen LogP contribution in [0.15, 0.2) is 0 Å². The fourth-order valence-electron chi connectivity index (χ4n) is 1.66. The number of aliphatic carboxylic acids is 1. The van der Waals surface area contributed by atoms with Crippen LogP contribution >= 0.6 is 0 Å². The molecule has 1 heterocycles. The third kappa shape index (κ3) is 3.19. The van der Waals surface area contributed by atoms with Crippen LogP contribution in [0, 0.1) is 16.7 Å². The van der Waals surface area contributed by atoms with E-state index in [9.17, 15) is 18.3 Å². The summed E-state index contributed by atoms with van der Waals surface area (Å²) in [5.41, 5.74) is -1.14. The molecule has 0 aromatic carbocycles. The van der Waals surface area contributed by atoms with Gasteiger partial charge in [-0.2, -0.15) is 5.26 Å². The predicted molar refractivity (Wildman–Crippen MR) is 62.1 cm³/mol. The molecule has 0 aliphatic carbocycles. The van der Waals surface area contributed by atoms with Gasteiger partial charge in [-0.1, -0.05) is 0 Å². The van der Waals surface area contributed by atoms with E-state index in [1.54, 1.807) is 6.07 Å². The Kier molecular flexibility index (Phi) is 4.67. The Morgan fingerprint density at radius 2 is 2.11 bits per heavy atom. The zero-order valence-corrected chi connectivity index (χ0v) is 10.9. The molecule has 0 aromatic heterocycles. The Morgan fingerprint density at radius 3 is 2.56 bits per heavy atom. The summed E-state index contributed by atoms with van der Waals surface area (Å²) < 4.78 is 30.5. The smallest absolute Gasteiger partial charge is 0.311 e. The molecule has 8 heteroatoms. The molecule has 1 aliphatic heterocycles. The van der Waals surface area contributed by atoms with Gasteiger partial charge in [0.2, 0.25) is 10.0 Å². The second-order valence-corrected chi connectivity index (χ2v) is 6.42. The summed E-state index contributed by atoms with van der Waals surface area (Å²) in [7, 11) is -3.80. The second-order valence-electron chi connectivity index (χ2n) is 4.34. The molecule has 1 rings (SSSR count). The first-order valence-corrected chi connectivity index (χ1v) is 7.08. The number of sulfonamides is 1. The Labute approximate surface area is 106 Å². The van der Waals surface area contributed by atoms with Gasteiger partial charge in [-0.05, 0) is 19.8 Å². The number of ether oxygens (including phenoxy) is 1. The molecule has 0 spiro atoms. The molecule has 0 saturated carbocycles. The van der Waals surface area contributed by atoms with Crippen LogP contribution in [0.4, 0.5) is 0 Å². The highest BCUT2D eigenvalue weighted by Crippen LogP contribution is 2.30. The summed E-state index contributed by atoms with van der Waals surface area (Å²) in [5.74, 6) is -1.04. The maximum Gasteiger partial charge on any atom is 0.311 e. The lowest BCUT2D eigenvalue weighted by Gasteiger charge is -2.33. The summed E-state index contributed by atoms with van der Waals surface area (Å²) in [6.07, 6.45) is 0.511. The van der Waals surface area contributed by atoms with Gasteiger partial charge in [-0.3, -0.25) is 4.79 Å². The van der Waals surface area contributed by atoms with E-state index in [2.05, 4.69) is 4.72 Å². The van der Waals surface area contributed by atoms with Crippen molar-refractivity contribution >= 4 is 16.0 Å². The standard InChI is InChI=1S/C10H16N2O5S/c1-8(6-11)18(15,16)12-7-10(9(13)14)2-4-17-5-3-10/h8,12H,2-5,7H2,1H3,(H,13,14). The van der Waals surface area contributed by atoms with E-state index in [1.165, 1.54) is 6.92 Å². The molecule has 1 aliphatic rings. The summed E-state index contributed by atoms with van der Waals surface area (Å²) in [6, 6.07) is 1.61. The van der Waals surface area contributed by atoms with Crippen LogP contribution in [-0.4, -0.2) is 44.5 Å². The minimum absolute atomic E-state index is 0.208.